The highest BCUT2D eigenvalue weighted by molar-refractivity contribution is 5.29. The van der Waals surface area contributed by atoms with E-state index in [1.165, 1.54) is 5.01 Å². The minimum Gasteiger partial charge on any atom is -0.0768 e. The van der Waals surface area contributed by atoms with Crippen LogP contribution < -0.4 is 0 Å². The van der Waals surface area contributed by atoms with Gasteiger partial charge in [-0.1, -0.05) is 72.1 Å². The molecule has 1 heterocycles. The second kappa shape index (κ2) is 6.55. The zero-order valence-electron chi connectivity index (χ0n) is 12.5. The van der Waals surface area contributed by atoms with Gasteiger partial charge >= 0.3 is 0 Å². The van der Waals surface area contributed by atoms with Crippen molar-refractivity contribution in [2.75, 3.05) is 13.1 Å². The monoisotopic (exact) mass is 303 g/mol. The molecule has 1 aliphatic heterocycles. The zero-order valence-corrected chi connectivity index (χ0v) is 12.5. The van der Waals surface area contributed by atoms with Crippen molar-refractivity contribution in [3.8, 4) is 0 Å². The molecule has 22 heavy (non-hydrogen) atoms. The van der Waals surface area contributed by atoms with Crippen molar-refractivity contribution in [2.24, 2.45) is 0 Å². The fourth-order valence-corrected chi connectivity index (χ4v) is 3.13. The van der Waals surface area contributed by atoms with Gasteiger partial charge in [0.1, 0.15) is 5.04 Å². The predicted octanol–water partition coefficient (Wildman–Crippen LogP) is 4.76. The maximum Gasteiger partial charge on any atom is 0.236 e. The summed E-state index contributed by atoms with van der Waals surface area (Å²) in [6.07, 6.45) is 2.71. The summed E-state index contributed by atoms with van der Waals surface area (Å²) in [5.41, 5.74) is 1.29. The highest BCUT2D eigenvalue weighted by atomic mass is 19.4. The summed E-state index contributed by atoms with van der Waals surface area (Å²) in [6, 6.07) is 17.2. The van der Waals surface area contributed by atoms with E-state index in [1.54, 1.807) is 24.3 Å². The Hall–Kier alpha value is -1.78. The topological polar surface area (TPSA) is 3.24 Å². The van der Waals surface area contributed by atoms with Crippen molar-refractivity contribution in [3.63, 3.8) is 0 Å². The molecular formula is C18H21F2N2+. The molecule has 1 saturated heterocycles. The molecule has 4 heteroatoms. The highest BCUT2D eigenvalue weighted by Crippen LogP contribution is 2.39. The zero-order chi connectivity index (χ0) is 15.4. The van der Waals surface area contributed by atoms with Crippen LogP contribution in [0, 0.1) is 0 Å². The molecule has 0 amide bonds. The third-order valence-corrected chi connectivity index (χ3v) is 4.25. The number of hydrogen-bond acceptors (Lipinski definition) is 1. The van der Waals surface area contributed by atoms with Gasteiger partial charge in [-0.3, -0.25) is 0 Å². The van der Waals surface area contributed by atoms with Crippen LogP contribution >= 0.6 is 0 Å². The Morgan fingerprint density at radius 3 is 1.64 bits per heavy atom. The van der Waals surface area contributed by atoms with Gasteiger partial charge in [0.25, 0.3) is 0 Å². The molecule has 1 fully saturated rings. The van der Waals surface area contributed by atoms with E-state index in [-0.39, 0.29) is 0 Å². The van der Waals surface area contributed by atoms with Crippen molar-refractivity contribution >= 4 is 0 Å². The van der Waals surface area contributed by atoms with Crippen LogP contribution in [0.5, 0.6) is 0 Å². The van der Waals surface area contributed by atoms with Crippen LogP contribution in [0.25, 0.3) is 0 Å². The van der Waals surface area contributed by atoms with Crippen LogP contribution in [0.3, 0.4) is 0 Å². The number of quaternary nitrogens is 1. The Morgan fingerprint density at radius 2 is 1.18 bits per heavy atom. The quantitative estimate of drug-likeness (QED) is 0.736. The van der Waals surface area contributed by atoms with Crippen molar-refractivity contribution < 1.29 is 14.0 Å². The first-order valence-electron chi connectivity index (χ1n) is 7.83. The average molecular weight is 303 g/mol. The van der Waals surface area contributed by atoms with Crippen LogP contribution in [0.2, 0.25) is 0 Å². The van der Waals surface area contributed by atoms with E-state index in [0.717, 1.165) is 19.3 Å². The van der Waals surface area contributed by atoms with Gasteiger partial charge in [-0.15, -0.1) is 0 Å². The normalized spacial score (nSPS) is 16.9. The molecule has 0 bridgehead atoms. The van der Waals surface area contributed by atoms with Gasteiger partial charge in [-0.2, -0.15) is 0 Å². The summed E-state index contributed by atoms with van der Waals surface area (Å²) < 4.78 is 30.4. The Kier molecular flexibility index (Phi) is 4.50. The SMILES string of the molecule is F[N+](F)(C(c1ccccc1)c1ccccc1)N1CCCCC1. The van der Waals surface area contributed by atoms with Crippen molar-refractivity contribution in [2.45, 2.75) is 25.3 Å². The van der Waals surface area contributed by atoms with Crippen molar-refractivity contribution in [3.05, 3.63) is 71.8 Å². The summed E-state index contributed by atoms with van der Waals surface area (Å²) in [6.45, 7) is 0.895. The summed E-state index contributed by atoms with van der Waals surface area (Å²) in [5.74, 6) is 0. The van der Waals surface area contributed by atoms with E-state index in [9.17, 15) is 0 Å². The van der Waals surface area contributed by atoms with E-state index >= 15 is 8.96 Å². The summed E-state index contributed by atoms with van der Waals surface area (Å²) in [7, 11) is 0. The molecule has 0 unspecified atom stereocenters. The van der Waals surface area contributed by atoms with E-state index in [2.05, 4.69) is 0 Å². The van der Waals surface area contributed by atoms with E-state index in [0.29, 0.717) is 24.2 Å². The lowest BCUT2D eigenvalue weighted by molar-refractivity contribution is -1.26. The van der Waals surface area contributed by atoms with Crippen LogP contribution in [-0.2, 0) is 0 Å². The van der Waals surface area contributed by atoms with Gasteiger partial charge in [-0.25, -0.2) is 0 Å². The fourth-order valence-electron chi connectivity index (χ4n) is 3.13. The Labute approximate surface area is 130 Å². The maximum absolute atomic E-state index is 15.2. The molecule has 0 spiro atoms. The van der Waals surface area contributed by atoms with Crippen LogP contribution in [0.1, 0.15) is 36.4 Å². The molecule has 0 radical (unpaired) electrons. The molecular weight excluding hydrogens is 282 g/mol. The molecule has 0 atom stereocenters. The maximum atomic E-state index is 15.2. The lowest BCUT2D eigenvalue weighted by Crippen LogP contribution is -2.52. The Bertz CT molecular complexity index is 541. The lowest BCUT2D eigenvalue weighted by atomic mass is 9.99. The van der Waals surface area contributed by atoms with Crippen LogP contribution in [0.4, 0.5) is 8.96 Å². The predicted molar refractivity (Wildman–Crippen MR) is 82.6 cm³/mol. The average Bonchev–Trinajstić information content (AvgIpc) is 2.58. The van der Waals surface area contributed by atoms with Crippen molar-refractivity contribution in [1.29, 1.82) is 0 Å². The second-order valence-corrected chi connectivity index (χ2v) is 5.76. The lowest BCUT2D eigenvalue weighted by Gasteiger charge is -2.34. The van der Waals surface area contributed by atoms with Gasteiger partial charge in [0.2, 0.25) is 6.04 Å². The molecule has 116 valence electrons. The first-order valence-corrected chi connectivity index (χ1v) is 7.83. The van der Waals surface area contributed by atoms with Gasteiger partial charge < -0.3 is 0 Å². The molecule has 3 rings (SSSR count). The first kappa shape index (κ1) is 15.1. The third kappa shape index (κ3) is 3.03. The summed E-state index contributed by atoms with van der Waals surface area (Å²) in [4.78, 5) is 0. The van der Waals surface area contributed by atoms with Crippen LogP contribution in [0.15, 0.2) is 60.7 Å². The van der Waals surface area contributed by atoms with Crippen LogP contribution in [-0.4, -0.2) is 23.1 Å². The molecule has 0 saturated carbocycles. The van der Waals surface area contributed by atoms with Gasteiger partial charge in [-0.05, 0) is 12.8 Å². The molecule has 0 N–H and O–H groups in total. The Morgan fingerprint density at radius 1 is 0.727 bits per heavy atom. The minimum atomic E-state index is -2.10. The number of piperidine rings is 1. The fraction of sp³-hybridized carbons (Fsp3) is 0.333. The standard InChI is InChI=1S/C18H21F2N2/c19-22(20,21-14-8-3-9-15-21)18(16-10-4-1-5-11-16)17-12-6-2-7-13-17/h1-2,4-7,10-13,18H,3,8-9,14-15H2/q+1. The summed E-state index contributed by atoms with van der Waals surface area (Å²) in [5, 5.41) is -0.803. The van der Waals surface area contributed by atoms with E-state index in [1.807, 2.05) is 36.4 Å². The van der Waals surface area contributed by atoms with E-state index < -0.39 is 11.1 Å². The van der Waals surface area contributed by atoms with Gasteiger partial charge in [0, 0.05) is 11.1 Å². The van der Waals surface area contributed by atoms with Gasteiger partial charge in [0.05, 0.1) is 22.1 Å². The molecule has 0 aliphatic carbocycles. The molecule has 2 aromatic carbocycles. The van der Waals surface area contributed by atoms with E-state index in [4.69, 9.17) is 0 Å². The van der Waals surface area contributed by atoms with Gasteiger partial charge in [0.15, 0.2) is 0 Å². The molecule has 2 aromatic rings. The molecule has 2 nitrogen and oxygen atoms in total. The first-order chi connectivity index (χ1) is 10.7. The minimum absolute atomic E-state index is 0.448. The van der Waals surface area contributed by atoms with Crippen molar-refractivity contribution in [1.82, 2.24) is 5.01 Å². The summed E-state index contributed by atoms with van der Waals surface area (Å²) >= 11 is 0. The number of halogens is 2. The second-order valence-electron chi connectivity index (χ2n) is 5.76. The Balaban J connectivity index is 2.01. The number of hydrogen-bond donors (Lipinski definition) is 0. The number of benzene rings is 2. The molecule has 1 aliphatic rings. The molecule has 0 aromatic heterocycles. The smallest absolute Gasteiger partial charge is 0.0768 e. The number of nitrogens with zero attached hydrogens (tertiary/aromatic N) is 2. The third-order valence-electron chi connectivity index (χ3n) is 4.25. The largest absolute Gasteiger partial charge is 0.236 e. The highest BCUT2D eigenvalue weighted by Gasteiger charge is 2.50. The number of rotatable bonds is 4.